The number of aromatic nitrogens is 2. The summed E-state index contributed by atoms with van der Waals surface area (Å²) in [6, 6.07) is 5.84. The average Bonchev–Trinajstić information content (AvgIpc) is 3.31. The van der Waals surface area contributed by atoms with Gasteiger partial charge in [-0.2, -0.15) is 0 Å². The maximum atomic E-state index is 13.2. The average molecular weight is 469 g/mol. The Labute approximate surface area is 200 Å². The first-order valence-electron chi connectivity index (χ1n) is 11.9. The molecule has 0 aliphatic carbocycles. The Hall–Kier alpha value is -2.91. The number of likely N-dealkylation sites (N-methyl/N-ethyl adjacent to an activating group) is 1. The predicted molar refractivity (Wildman–Crippen MR) is 128 cm³/mol. The Balaban J connectivity index is 1.40. The number of likely N-dealkylation sites (tertiary alicyclic amines) is 2. The SMILES string of the molecule is Cc1nc([C@H]2CCCN2C(=O)CN(C)C2CCN(C)CC2)ncc1C(=O)Nc1ccc(F)cc1. The van der Waals surface area contributed by atoms with Crippen LogP contribution in [0.2, 0.25) is 0 Å². The summed E-state index contributed by atoms with van der Waals surface area (Å²) in [4.78, 5) is 41.3. The molecule has 1 N–H and O–H groups in total. The third kappa shape index (κ3) is 5.59. The molecule has 1 aromatic carbocycles. The van der Waals surface area contributed by atoms with Gasteiger partial charge in [0.15, 0.2) is 5.82 Å². The number of nitrogens with one attached hydrogen (secondary N) is 1. The monoisotopic (exact) mass is 468 g/mol. The van der Waals surface area contributed by atoms with Crippen LogP contribution in [-0.2, 0) is 4.79 Å². The van der Waals surface area contributed by atoms with Gasteiger partial charge in [-0.1, -0.05) is 0 Å². The van der Waals surface area contributed by atoms with Gasteiger partial charge in [0.1, 0.15) is 5.82 Å². The molecule has 2 aliphatic rings. The lowest BCUT2D eigenvalue weighted by Gasteiger charge is -2.35. The van der Waals surface area contributed by atoms with Crippen LogP contribution in [0.1, 0.15) is 53.6 Å². The van der Waals surface area contributed by atoms with E-state index < -0.39 is 0 Å². The number of aryl methyl sites for hydroxylation is 1. The summed E-state index contributed by atoms with van der Waals surface area (Å²) in [5.74, 6) is -0.0447. The molecule has 0 spiro atoms. The molecule has 2 amide bonds. The van der Waals surface area contributed by atoms with E-state index >= 15 is 0 Å². The van der Waals surface area contributed by atoms with E-state index in [2.05, 4.69) is 32.1 Å². The fraction of sp³-hybridized carbons (Fsp3) is 0.520. The third-order valence-corrected chi connectivity index (χ3v) is 6.91. The minimum atomic E-state index is -0.366. The molecule has 9 heteroatoms. The molecule has 34 heavy (non-hydrogen) atoms. The summed E-state index contributed by atoms with van der Waals surface area (Å²) in [5.41, 5.74) is 1.40. The second-order valence-electron chi connectivity index (χ2n) is 9.38. The van der Waals surface area contributed by atoms with E-state index in [1.807, 2.05) is 11.9 Å². The Kier molecular flexibility index (Phi) is 7.53. The van der Waals surface area contributed by atoms with E-state index in [0.717, 1.165) is 38.8 Å². The predicted octanol–water partition coefficient (Wildman–Crippen LogP) is 2.87. The molecule has 182 valence electrons. The molecule has 0 saturated carbocycles. The van der Waals surface area contributed by atoms with Gasteiger partial charge in [-0.25, -0.2) is 14.4 Å². The number of nitrogens with zero attached hydrogens (tertiary/aromatic N) is 5. The van der Waals surface area contributed by atoms with Gasteiger partial charge in [0.05, 0.1) is 23.8 Å². The number of benzene rings is 1. The number of carbonyl (C=O) groups is 2. The fourth-order valence-corrected chi connectivity index (χ4v) is 4.80. The molecule has 8 nitrogen and oxygen atoms in total. The Bertz CT molecular complexity index is 1020. The van der Waals surface area contributed by atoms with Gasteiger partial charge < -0.3 is 15.1 Å². The fourth-order valence-electron chi connectivity index (χ4n) is 4.80. The topological polar surface area (TPSA) is 81.7 Å². The van der Waals surface area contributed by atoms with Crippen molar-refractivity contribution in [3.8, 4) is 0 Å². The van der Waals surface area contributed by atoms with Crippen LogP contribution in [0, 0.1) is 12.7 Å². The minimum absolute atomic E-state index is 0.100. The first kappa shape index (κ1) is 24.2. The van der Waals surface area contributed by atoms with Crippen LogP contribution in [0.25, 0.3) is 0 Å². The molecule has 0 bridgehead atoms. The molecule has 4 rings (SSSR count). The summed E-state index contributed by atoms with van der Waals surface area (Å²) in [7, 11) is 4.17. The first-order chi connectivity index (χ1) is 16.3. The van der Waals surface area contributed by atoms with Crippen LogP contribution in [0.3, 0.4) is 0 Å². The van der Waals surface area contributed by atoms with Crippen molar-refractivity contribution in [1.29, 1.82) is 0 Å². The number of halogens is 1. The van der Waals surface area contributed by atoms with E-state index in [-0.39, 0.29) is 23.7 Å². The third-order valence-electron chi connectivity index (χ3n) is 6.91. The van der Waals surface area contributed by atoms with Crippen molar-refractivity contribution in [3.05, 3.63) is 53.4 Å². The Morgan fingerprint density at radius 3 is 2.53 bits per heavy atom. The highest BCUT2D eigenvalue weighted by molar-refractivity contribution is 6.04. The number of piperidine rings is 1. The molecular weight excluding hydrogens is 435 g/mol. The van der Waals surface area contributed by atoms with Gasteiger partial charge in [0, 0.05) is 24.5 Å². The highest BCUT2D eigenvalue weighted by Gasteiger charge is 2.33. The molecule has 3 heterocycles. The molecule has 2 aromatic rings. The van der Waals surface area contributed by atoms with Crippen LogP contribution >= 0.6 is 0 Å². The first-order valence-corrected chi connectivity index (χ1v) is 11.9. The van der Waals surface area contributed by atoms with Crippen LogP contribution in [0.4, 0.5) is 10.1 Å². The summed E-state index contributed by atoms with van der Waals surface area (Å²) in [6.45, 7) is 4.97. The van der Waals surface area contributed by atoms with Crippen molar-refractivity contribution in [2.45, 2.75) is 44.7 Å². The number of amides is 2. The normalized spacial score (nSPS) is 19.6. The van der Waals surface area contributed by atoms with Gasteiger partial charge in [0.2, 0.25) is 5.91 Å². The summed E-state index contributed by atoms with van der Waals surface area (Å²) >= 11 is 0. The summed E-state index contributed by atoms with van der Waals surface area (Å²) in [6.07, 6.45) is 5.39. The number of rotatable bonds is 6. The van der Waals surface area contributed by atoms with Crippen LogP contribution in [0.5, 0.6) is 0 Å². The number of anilines is 1. The molecule has 2 fully saturated rings. The van der Waals surface area contributed by atoms with Crippen LogP contribution in [-0.4, -0.2) is 82.8 Å². The van der Waals surface area contributed by atoms with Crippen molar-refractivity contribution in [2.24, 2.45) is 0 Å². The van der Waals surface area contributed by atoms with Gasteiger partial charge >= 0.3 is 0 Å². The van der Waals surface area contributed by atoms with Gasteiger partial charge in [-0.15, -0.1) is 0 Å². The lowest BCUT2D eigenvalue weighted by molar-refractivity contribution is -0.133. The van der Waals surface area contributed by atoms with Gasteiger partial charge in [-0.3, -0.25) is 14.5 Å². The molecule has 1 aromatic heterocycles. The zero-order valence-corrected chi connectivity index (χ0v) is 20.1. The lowest BCUT2D eigenvalue weighted by Crippen LogP contribution is -2.46. The second kappa shape index (κ2) is 10.6. The lowest BCUT2D eigenvalue weighted by atomic mass is 10.0. The Morgan fingerprint density at radius 1 is 1.15 bits per heavy atom. The van der Waals surface area contributed by atoms with E-state index in [0.29, 0.717) is 41.9 Å². The number of hydrogen-bond acceptors (Lipinski definition) is 6. The quantitative estimate of drug-likeness (QED) is 0.702. The van der Waals surface area contributed by atoms with Crippen molar-refractivity contribution in [1.82, 2.24) is 24.7 Å². The van der Waals surface area contributed by atoms with E-state index in [1.165, 1.54) is 30.5 Å². The molecule has 2 aliphatic heterocycles. The minimum Gasteiger partial charge on any atom is -0.331 e. The zero-order valence-electron chi connectivity index (χ0n) is 20.1. The van der Waals surface area contributed by atoms with Crippen molar-refractivity contribution < 1.29 is 14.0 Å². The van der Waals surface area contributed by atoms with Crippen LogP contribution < -0.4 is 5.32 Å². The maximum absolute atomic E-state index is 13.2. The Morgan fingerprint density at radius 2 is 1.85 bits per heavy atom. The van der Waals surface area contributed by atoms with Crippen molar-refractivity contribution >= 4 is 17.5 Å². The molecule has 1 atom stereocenters. The molecule has 0 unspecified atom stereocenters. The van der Waals surface area contributed by atoms with Crippen molar-refractivity contribution in [3.63, 3.8) is 0 Å². The zero-order chi connectivity index (χ0) is 24.2. The molecule has 2 saturated heterocycles. The highest BCUT2D eigenvalue weighted by Crippen LogP contribution is 2.30. The van der Waals surface area contributed by atoms with Crippen molar-refractivity contribution in [2.75, 3.05) is 45.6 Å². The van der Waals surface area contributed by atoms with E-state index in [9.17, 15) is 14.0 Å². The molecule has 0 radical (unpaired) electrons. The standard InChI is InChI=1S/C25H33FN6O2/c1-17-21(25(34)29-19-8-6-18(26)7-9-19)15-27-24(28-17)22-5-4-12-32(22)23(33)16-31(3)20-10-13-30(2)14-11-20/h6-9,15,20,22H,4-5,10-14,16H2,1-3H3,(H,29,34)/t22-/m1/s1. The summed E-state index contributed by atoms with van der Waals surface area (Å²) in [5, 5.41) is 2.74. The largest absolute Gasteiger partial charge is 0.331 e. The molecular formula is C25H33FN6O2. The van der Waals surface area contributed by atoms with Gasteiger partial charge in [-0.05, 0) is 84.1 Å². The summed E-state index contributed by atoms with van der Waals surface area (Å²) < 4.78 is 13.1. The van der Waals surface area contributed by atoms with E-state index in [4.69, 9.17) is 0 Å². The number of carbonyl (C=O) groups excluding carboxylic acids is 2. The van der Waals surface area contributed by atoms with E-state index in [1.54, 1.807) is 6.92 Å². The maximum Gasteiger partial charge on any atom is 0.259 e. The number of hydrogen-bond donors (Lipinski definition) is 1. The van der Waals surface area contributed by atoms with Gasteiger partial charge in [0.25, 0.3) is 5.91 Å². The smallest absolute Gasteiger partial charge is 0.259 e. The second-order valence-corrected chi connectivity index (χ2v) is 9.38. The van der Waals surface area contributed by atoms with Crippen LogP contribution in [0.15, 0.2) is 30.5 Å². The highest BCUT2D eigenvalue weighted by atomic mass is 19.1.